The molecule has 8 heteroatoms. The second kappa shape index (κ2) is 12.5. The third kappa shape index (κ3) is 6.59. The lowest BCUT2D eigenvalue weighted by atomic mass is 10.0. The maximum absolute atomic E-state index is 13.6. The van der Waals surface area contributed by atoms with Crippen LogP contribution in [0, 0.1) is 18.3 Å². The molecule has 0 aliphatic carbocycles. The highest BCUT2D eigenvalue weighted by atomic mass is 28.4. The van der Waals surface area contributed by atoms with Crippen molar-refractivity contribution in [1.29, 1.82) is 0 Å². The number of likely N-dealkylation sites (tertiary alicyclic amines) is 1. The molecule has 0 bridgehead atoms. The lowest BCUT2D eigenvalue weighted by Crippen LogP contribution is -2.67. The number of benzene rings is 2. The Morgan fingerprint density at radius 2 is 1.52 bits per heavy atom. The number of amides is 2. The van der Waals surface area contributed by atoms with Gasteiger partial charge < -0.3 is 14.5 Å². The number of carbonyl (C=O) groups is 2. The van der Waals surface area contributed by atoms with Crippen molar-refractivity contribution < 1.29 is 18.8 Å². The molecule has 0 spiro atoms. The largest absolute Gasteiger partial charge is 0.444 e. The van der Waals surface area contributed by atoms with Crippen molar-refractivity contribution in [3.63, 3.8) is 0 Å². The summed E-state index contributed by atoms with van der Waals surface area (Å²) in [5.41, 5.74) is -0.762. The molecule has 3 atom stereocenters. The molecular formula is C34H41N3O4Si. The van der Waals surface area contributed by atoms with E-state index in [-0.39, 0.29) is 23.5 Å². The van der Waals surface area contributed by atoms with Gasteiger partial charge in [-0.05, 0) is 54.7 Å². The van der Waals surface area contributed by atoms with Gasteiger partial charge in [0.1, 0.15) is 23.5 Å². The molecule has 7 nitrogen and oxygen atoms in total. The van der Waals surface area contributed by atoms with Gasteiger partial charge in [-0.15, -0.1) is 6.42 Å². The third-order valence-corrected chi connectivity index (χ3v) is 12.5. The van der Waals surface area contributed by atoms with Crippen molar-refractivity contribution in [3.05, 3.63) is 85.1 Å². The average Bonchev–Trinajstić information content (AvgIpc) is 3.32. The Morgan fingerprint density at radius 3 is 2.00 bits per heavy atom. The van der Waals surface area contributed by atoms with E-state index in [0.29, 0.717) is 12.2 Å². The van der Waals surface area contributed by atoms with E-state index in [9.17, 15) is 9.59 Å². The quantitative estimate of drug-likeness (QED) is 0.305. The van der Waals surface area contributed by atoms with Crippen LogP contribution in [0.15, 0.2) is 85.1 Å². The van der Waals surface area contributed by atoms with Crippen LogP contribution in [0.2, 0.25) is 5.04 Å². The van der Waals surface area contributed by atoms with E-state index < -0.39 is 32.1 Å². The Bertz CT molecular complexity index is 1360. The molecule has 1 aromatic heterocycles. The zero-order valence-electron chi connectivity index (χ0n) is 25.3. The van der Waals surface area contributed by atoms with E-state index >= 15 is 0 Å². The summed E-state index contributed by atoms with van der Waals surface area (Å²) in [4.78, 5) is 32.8. The molecule has 0 saturated carbocycles. The van der Waals surface area contributed by atoms with E-state index in [1.807, 2.05) is 36.4 Å². The van der Waals surface area contributed by atoms with Gasteiger partial charge in [0, 0.05) is 18.7 Å². The number of carbonyl (C=O) groups excluding carboxylic acids is 2. The molecule has 2 aromatic carbocycles. The van der Waals surface area contributed by atoms with Crippen molar-refractivity contribution in [2.75, 3.05) is 11.9 Å². The van der Waals surface area contributed by atoms with Crippen molar-refractivity contribution >= 4 is 36.5 Å². The second-order valence-electron chi connectivity index (χ2n) is 12.7. The van der Waals surface area contributed by atoms with Gasteiger partial charge >= 0.3 is 6.09 Å². The predicted octanol–water partition coefficient (Wildman–Crippen LogP) is 5.22. The molecule has 2 heterocycles. The van der Waals surface area contributed by atoms with Gasteiger partial charge in [0.25, 0.3) is 8.32 Å². The first kappa shape index (κ1) is 31.0. The Balaban J connectivity index is 1.71. The number of pyridine rings is 1. The lowest BCUT2D eigenvalue weighted by Gasteiger charge is -2.43. The predicted molar refractivity (Wildman–Crippen MR) is 169 cm³/mol. The minimum atomic E-state index is -2.87. The molecule has 0 unspecified atom stereocenters. The van der Waals surface area contributed by atoms with Crippen LogP contribution in [-0.2, 0) is 14.0 Å². The van der Waals surface area contributed by atoms with Gasteiger partial charge in [-0.2, -0.15) is 0 Å². The number of nitrogens with one attached hydrogen (secondary N) is 1. The Kier molecular flexibility index (Phi) is 9.24. The molecular weight excluding hydrogens is 542 g/mol. The Morgan fingerprint density at radius 1 is 0.952 bits per heavy atom. The summed E-state index contributed by atoms with van der Waals surface area (Å²) in [6, 6.07) is 24.4. The fraction of sp³-hybridized carbons (Fsp3) is 0.382. The number of nitrogens with zero attached hydrogens (tertiary/aromatic N) is 2. The van der Waals surface area contributed by atoms with Crippen molar-refractivity contribution in [1.82, 2.24) is 9.88 Å². The Labute approximate surface area is 250 Å². The monoisotopic (exact) mass is 583 g/mol. The van der Waals surface area contributed by atoms with Gasteiger partial charge in [0.05, 0.1) is 0 Å². The van der Waals surface area contributed by atoms with E-state index in [1.165, 1.54) is 4.90 Å². The number of anilines is 1. The number of hydrogen-bond acceptors (Lipinski definition) is 5. The van der Waals surface area contributed by atoms with Crippen LogP contribution in [0.4, 0.5) is 10.6 Å². The topological polar surface area (TPSA) is 80.8 Å². The first-order valence-electron chi connectivity index (χ1n) is 14.3. The summed E-state index contributed by atoms with van der Waals surface area (Å²) in [6.07, 6.45) is 7.39. The fourth-order valence-electron chi connectivity index (χ4n) is 5.75. The van der Waals surface area contributed by atoms with Crippen LogP contribution >= 0.6 is 0 Å². The van der Waals surface area contributed by atoms with Gasteiger partial charge in [-0.25, -0.2) is 9.78 Å². The second-order valence-corrected chi connectivity index (χ2v) is 17.0. The molecule has 1 saturated heterocycles. The smallest absolute Gasteiger partial charge is 0.412 e. The van der Waals surface area contributed by atoms with Crippen LogP contribution in [0.25, 0.3) is 0 Å². The minimum absolute atomic E-state index is 0.236. The average molecular weight is 584 g/mol. The molecule has 220 valence electrons. The molecule has 4 rings (SSSR count). The van der Waals surface area contributed by atoms with Crippen molar-refractivity contribution in [3.8, 4) is 12.3 Å². The van der Waals surface area contributed by atoms with Crippen LogP contribution in [0.1, 0.15) is 48.0 Å². The van der Waals surface area contributed by atoms with E-state index in [1.54, 1.807) is 45.2 Å². The third-order valence-electron chi connectivity index (χ3n) is 7.53. The fourth-order valence-corrected chi connectivity index (χ4v) is 10.4. The van der Waals surface area contributed by atoms with E-state index in [0.717, 1.165) is 10.4 Å². The summed E-state index contributed by atoms with van der Waals surface area (Å²) in [5, 5.41) is 4.90. The first-order valence-corrected chi connectivity index (χ1v) is 16.2. The SMILES string of the molecule is C#C[C@H]1[C@H](CO[Si](c2ccccc2)(c2ccccc2)C(C)(C)C)C[C@H](C(=O)Nc2ccccn2)N1C(=O)OC(C)(C)C. The zero-order chi connectivity index (χ0) is 30.5. The summed E-state index contributed by atoms with van der Waals surface area (Å²) in [5.74, 6) is 2.53. The van der Waals surface area contributed by atoms with Crippen LogP contribution in [0.5, 0.6) is 0 Å². The van der Waals surface area contributed by atoms with Crippen molar-refractivity contribution in [2.24, 2.45) is 5.92 Å². The summed E-state index contributed by atoms with van der Waals surface area (Å²) in [7, 11) is -2.87. The highest BCUT2D eigenvalue weighted by Crippen LogP contribution is 2.39. The standard InChI is InChI=1S/C34H41N3O4Si/c1-8-28-25(23-29(37(28)32(39)41-33(2,3)4)31(38)36-30-21-15-16-22-35-30)24-40-42(34(5,6)7,26-17-11-9-12-18-26)27-19-13-10-14-20-27/h1,9-22,25,28-29H,23-24H2,2-7H3,(H,35,36,38)/t25-,28-,29+/m0/s1. The highest BCUT2D eigenvalue weighted by Gasteiger charge is 2.53. The van der Waals surface area contributed by atoms with Gasteiger partial charge in [0.2, 0.25) is 5.91 Å². The normalized spacial score (nSPS) is 19.2. The molecule has 1 fully saturated rings. The van der Waals surface area contributed by atoms with Gasteiger partial charge in [-0.3, -0.25) is 9.69 Å². The van der Waals surface area contributed by atoms with Gasteiger partial charge in [-0.1, -0.05) is 93.4 Å². The number of rotatable bonds is 7. The molecule has 1 N–H and O–H groups in total. The van der Waals surface area contributed by atoms with Gasteiger partial charge in [0.15, 0.2) is 0 Å². The number of terminal acetylenes is 1. The lowest BCUT2D eigenvalue weighted by molar-refractivity contribution is -0.120. The highest BCUT2D eigenvalue weighted by molar-refractivity contribution is 6.99. The summed E-state index contributed by atoms with van der Waals surface area (Å²) >= 11 is 0. The van der Waals surface area contributed by atoms with Crippen LogP contribution < -0.4 is 15.7 Å². The molecule has 1 aliphatic heterocycles. The van der Waals surface area contributed by atoms with Crippen LogP contribution in [0.3, 0.4) is 0 Å². The van der Waals surface area contributed by atoms with Crippen LogP contribution in [-0.4, -0.2) is 54.5 Å². The number of aromatic nitrogens is 1. The molecule has 0 radical (unpaired) electrons. The molecule has 3 aromatic rings. The number of ether oxygens (including phenoxy) is 1. The maximum atomic E-state index is 13.6. The van der Waals surface area contributed by atoms with E-state index in [2.05, 4.69) is 61.3 Å². The Hall–Kier alpha value is -3.93. The molecule has 1 aliphatic rings. The summed E-state index contributed by atoms with van der Waals surface area (Å²) in [6.45, 7) is 12.3. The van der Waals surface area contributed by atoms with E-state index in [4.69, 9.17) is 15.6 Å². The number of hydrogen-bond donors (Lipinski definition) is 1. The zero-order valence-corrected chi connectivity index (χ0v) is 26.3. The maximum Gasteiger partial charge on any atom is 0.412 e. The summed E-state index contributed by atoms with van der Waals surface area (Å²) < 4.78 is 12.9. The van der Waals surface area contributed by atoms with Crippen molar-refractivity contribution in [2.45, 2.75) is 70.7 Å². The molecule has 42 heavy (non-hydrogen) atoms. The molecule has 2 amide bonds. The first-order chi connectivity index (χ1) is 19.9. The minimum Gasteiger partial charge on any atom is -0.444 e.